The van der Waals surface area contributed by atoms with E-state index in [1.54, 1.807) is 7.11 Å². The third-order valence-corrected chi connectivity index (χ3v) is 0.815. The minimum atomic E-state index is 0.452. The monoisotopic (exact) mass is 151 g/mol. The van der Waals surface area contributed by atoms with Crippen LogP contribution in [0.4, 0.5) is 4.48 Å². The smallest absolute Gasteiger partial charge is 0.0475 e. The number of ether oxygens (including phenoxy) is 1. The molecule has 0 heterocycles. The summed E-state index contributed by atoms with van der Waals surface area (Å²) < 4.78 is 16.5. The molecule has 0 aromatic carbocycles. The Morgan fingerprint density at radius 3 is 2.20 bits per heavy atom. The van der Waals surface area contributed by atoms with Gasteiger partial charge in [0.15, 0.2) is 0 Å². The Morgan fingerprint density at radius 1 is 1.40 bits per heavy atom. The third kappa shape index (κ3) is 15.7. The molecule has 0 saturated heterocycles. The number of hydrogen-bond donors (Lipinski definition) is 0. The van der Waals surface area contributed by atoms with Gasteiger partial charge in [-0.3, -0.25) is 0 Å². The molecule has 0 atom stereocenters. The van der Waals surface area contributed by atoms with Crippen LogP contribution in [0.5, 0.6) is 0 Å². The molecule has 0 bridgehead atoms. The first-order valence-corrected chi connectivity index (χ1v) is 3.63. The van der Waals surface area contributed by atoms with E-state index in [2.05, 4.69) is 0 Å². The minimum Gasteiger partial charge on any atom is -0.385 e. The molecule has 0 amide bonds. The van der Waals surface area contributed by atoms with Crippen molar-refractivity contribution in [1.29, 1.82) is 0 Å². The lowest BCUT2D eigenvalue weighted by atomic mass is 10.4. The number of rotatable bonds is 4. The van der Waals surface area contributed by atoms with Crippen LogP contribution in [-0.4, -0.2) is 32.4 Å². The molecule has 0 saturated carbocycles. The normalized spacial score (nSPS) is 9.00. The van der Waals surface area contributed by atoms with Gasteiger partial charge in [0.1, 0.15) is 0 Å². The molecule has 0 aliphatic carbocycles. The quantitative estimate of drug-likeness (QED) is 0.449. The fraction of sp³-hybridized carbons (Fsp3) is 1.00. The molecule has 0 unspecified atom stereocenters. The van der Waals surface area contributed by atoms with Gasteiger partial charge in [0, 0.05) is 27.3 Å². The lowest BCUT2D eigenvalue weighted by Crippen LogP contribution is -2.09. The second kappa shape index (κ2) is 11.6. The minimum absolute atomic E-state index is 0.452. The van der Waals surface area contributed by atoms with Gasteiger partial charge < -0.3 is 4.74 Å². The Kier molecular flexibility index (Phi) is 14.6. The predicted octanol–water partition coefficient (Wildman–Crippen LogP) is 1.87. The van der Waals surface area contributed by atoms with E-state index in [0.717, 1.165) is 6.42 Å². The third-order valence-electron chi connectivity index (χ3n) is 0.815. The number of halogens is 1. The Hall–Kier alpha value is -0.150. The van der Waals surface area contributed by atoms with E-state index in [0.29, 0.717) is 18.3 Å². The second-order valence-corrected chi connectivity index (χ2v) is 1.67. The molecule has 0 aliphatic heterocycles. The van der Waals surface area contributed by atoms with E-state index in [1.807, 2.05) is 13.8 Å². The lowest BCUT2D eigenvalue weighted by Gasteiger charge is -2.02. The second-order valence-electron chi connectivity index (χ2n) is 1.67. The largest absolute Gasteiger partial charge is 0.385 e. The molecule has 0 aliphatic rings. The van der Waals surface area contributed by atoms with Gasteiger partial charge in [-0.1, -0.05) is 13.8 Å². The van der Waals surface area contributed by atoms with Gasteiger partial charge in [0.25, 0.3) is 0 Å². The first kappa shape index (κ1) is 12.5. The highest BCUT2D eigenvalue weighted by atomic mass is 19.2. The van der Waals surface area contributed by atoms with Crippen molar-refractivity contribution in [3.8, 4) is 0 Å². The van der Waals surface area contributed by atoms with Crippen LogP contribution in [0.2, 0.25) is 0 Å². The summed E-state index contributed by atoms with van der Waals surface area (Å²) >= 11 is 0. The summed E-state index contributed by atoms with van der Waals surface area (Å²) in [5, 5.41) is 0.652. The van der Waals surface area contributed by atoms with Gasteiger partial charge in [0.2, 0.25) is 0 Å². The van der Waals surface area contributed by atoms with Gasteiger partial charge in [0.05, 0.1) is 0 Å². The zero-order valence-corrected chi connectivity index (χ0v) is 7.35. The lowest BCUT2D eigenvalue weighted by molar-refractivity contribution is 0.0486. The number of hydrogen-bond acceptors (Lipinski definition) is 2. The summed E-state index contributed by atoms with van der Waals surface area (Å²) in [5.74, 6) is 0. The van der Waals surface area contributed by atoms with Crippen molar-refractivity contribution in [2.75, 3.05) is 27.3 Å². The average Bonchev–Trinajstić information content (AvgIpc) is 1.92. The van der Waals surface area contributed by atoms with E-state index in [4.69, 9.17) is 4.74 Å². The fourth-order valence-corrected chi connectivity index (χ4v) is 0.427. The van der Waals surface area contributed by atoms with Crippen molar-refractivity contribution in [2.24, 2.45) is 0 Å². The van der Waals surface area contributed by atoms with E-state index in [1.165, 1.54) is 7.05 Å². The first-order valence-electron chi connectivity index (χ1n) is 3.63. The maximum Gasteiger partial charge on any atom is 0.0475 e. The molecule has 0 rings (SSSR count). The van der Waals surface area contributed by atoms with Gasteiger partial charge in [-0.25, -0.2) is 0 Å². The summed E-state index contributed by atoms with van der Waals surface area (Å²) in [6, 6.07) is 0. The van der Waals surface area contributed by atoms with E-state index in [-0.39, 0.29) is 0 Å². The summed E-state index contributed by atoms with van der Waals surface area (Å²) in [6.07, 6.45) is 0.753. The molecular formula is C7H18FNO. The number of nitrogens with zero attached hydrogens (tertiary/aromatic N) is 1. The highest BCUT2D eigenvalue weighted by Crippen LogP contribution is 1.85. The van der Waals surface area contributed by atoms with Crippen LogP contribution in [0.15, 0.2) is 0 Å². The highest BCUT2D eigenvalue weighted by molar-refractivity contribution is 4.36. The molecule has 0 N–H and O–H groups in total. The Morgan fingerprint density at radius 2 is 1.90 bits per heavy atom. The predicted molar refractivity (Wildman–Crippen MR) is 41.6 cm³/mol. The van der Waals surface area contributed by atoms with Crippen molar-refractivity contribution >= 4 is 0 Å². The van der Waals surface area contributed by atoms with Crippen molar-refractivity contribution in [1.82, 2.24) is 5.12 Å². The zero-order chi connectivity index (χ0) is 8.41. The van der Waals surface area contributed by atoms with Crippen LogP contribution >= 0.6 is 0 Å². The molecule has 3 heteroatoms. The molecular weight excluding hydrogens is 133 g/mol. The van der Waals surface area contributed by atoms with Crippen LogP contribution in [0, 0.1) is 0 Å². The molecule has 0 aromatic rings. The Bertz CT molecular complexity index is 50.9. The summed E-state index contributed by atoms with van der Waals surface area (Å²) in [5.41, 5.74) is 0. The SMILES string of the molecule is CC.COCCCN(C)F. The van der Waals surface area contributed by atoms with Gasteiger partial charge in [-0.05, 0) is 6.42 Å². The van der Waals surface area contributed by atoms with E-state index in [9.17, 15) is 4.48 Å². The van der Waals surface area contributed by atoms with Gasteiger partial charge in [-0.15, -0.1) is 9.60 Å². The fourth-order valence-electron chi connectivity index (χ4n) is 0.427. The molecule has 0 spiro atoms. The van der Waals surface area contributed by atoms with Gasteiger partial charge >= 0.3 is 0 Å². The van der Waals surface area contributed by atoms with E-state index >= 15 is 0 Å². The molecule has 2 nitrogen and oxygen atoms in total. The van der Waals surface area contributed by atoms with Gasteiger partial charge in [-0.2, -0.15) is 0 Å². The van der Waals surface area contributed by atoms with Crippen molar-refractivity contribution in [2.45, 2.75) is 20.3 Å². The van der Waals surface area contributed by atoms with Crippen molar-refractivity contribution in [3.63, 3.8) is 0 Å². The molecule has 64 valence electrons. The average molecular weight is 151 g/mol. The molecule has 0 fully saturated rings. The van der Waals surface area contributed by atoms with Crippen molar-refractivity contribution < 1.29 is 9.22 Å². The maximum atomic E-state index is 11.8. The topological polar surface area (TPSA) is 12.5 Å². The molecule has 10 heavy (non-hydrogen) atoms. The van der Waals surface area contributed by atoms with Crippen LogP contribution in [-0.2, 0) is 4.74 Å². The Balaban J connectivity index is 0. The summed E-state index contributed by atoms with van der Waals surface area (Å²) in [4.78, 5) is 0. The molecule has 0 radical (unpaired) electrons. The zero-order valence-electron chi connectivity index (χ0n) is 7.35. The number of methoxy groups -OCH3 is 1. The van der Waals surface area contributed by atoms with Crippen LogP contribution < -0.4 is 0 Å². The van der Waals surface area contributed by atoms with Crippen LogP contribution in [0.25, 0.3) is 0 Å². The highest BCUT2D eigenvalue weighted by Gasteiger charge is 1.90. The van der Waals surface area contributed by atoms with Crippen molar-refractivity contribution in [3.05, 3.63) is 0 Å². The van der Waals surface area contributed by atoms with E-state index < -0.39 is 0 Å². The molecule has 0 aromatic heterocycles. The van der Waals surface area contributed by atoms with Crippen LogP contribution in [0.1, 0.15) is 20.3 Å². The maximum absolute atomic E-state index is 11.8. The summed E-state index contributed by atoms with van der Waals surface area (Å²) in [7, 11) is 3.01. The first-order chi connectivity index (χ1) is 4.77. The van der Waals surface area contributed by atoms with Crippen LogP contribution in [0.3, 0.4) is 0 Å². The Labute approximate surface area is 62.9 Å². The summed E-state index contributed by atoms with van der Waals surface area (Å²) in [6.45, 7) is 5.09. The standard InChI is InChI=1S/C5H12FNO.C2H6/c1-7(6)4-3-5-8-2;1-2/h3-5H2,1-2H3;1-2H3.